The van der Waals surface area contributed by atoms with Gasteiger partial charge >= 0.3 is 6.18 Å². The molecule has 1 aliphatic heterocycles. The highest BCUT2D eigenvalue weighted by Gasteiger charge is 2.27. The molecular formula is C19H30F3IN4O. The molecule has 2 rings (SSSR count). The van der Waals surface area contributed by atoms with Crippen LogP contribution >= 0.6 is 24.0 Å². The van der Waals surface area contributed by atoms with E-state index in [1.54, 1.807) is 14.2 Å². The standard InChI is InChI=1S/C19H29F3N4O.HI/c1-23-18(24-11-10-19(20,21)22)25-14-16(26-12-6-3-7-13-26)15-8-4-5-9-17(15)27-2;/h4-5,8-9,16H,3,6-7,10-14H2,1-2H3,(H2,23,24,25);1H. The Balaban J connectivity index is 0.00000392. The lowest BCUT2D eigenvalue weighted by Crippen LogP contribution is -2.45. The van der Waals surface area contributed by atoms with Crippen molar-refractivity contribution in [1.82, 2.24) is 15.5 Å². The van der Waals surface area contributed by atoms with Crippen LogP contribution in [0.3, 0.4) is 0 Å². The number of hydrogen-bond donors (Lipinski definition) is 2. The minimum atomic E-state index is -4.18. The number of ether oxygens (including phenoxy) is 1. The first-order valence-electron chi connectivity index (χ1n) is 9.33. The Morgan fingerprint density at radius 2 is 1.86 bits per heavy atom. The number of guanidine groups is 1. The summed E-state index contributed by atoms with van der Waals surface area (Å²) in [7, 11) is 3.21. The molecule has 5 nitrogen and oxygen atoms in total. The molecule has 1 fully saturated rings. The summed E-state index contributed by atoms with van der Waals surface area (Å²) in [5.74, 6) is 1.19. The molecule has 0 aliphatic carbocycles. The SMILES string of the molecule is CN=C(NCCC(F)(F)F)NCC(c1ccccc1OC)N1CCCCC1.I. The van der Waals surface area contributed by atoms with Gasteiger partial charge in [0.05, 0.1) is 19.6 Å². The van der Waals surface area contributed by atoms with Gasteiger partial charge in [0.15, 0.2) is 5.96 Å². The van der Waals surface area contributed by atoms with Crippen molar-refractivity contribution in [2.45, 2.75) is 37.9 Å². The minimum absolute atomic E-state index is 0. The highest BCUT2D eigenvalue weighted by Crippen LogP contribution is 2.30. The van der Waals surface area contributed by atoms with Gasteiger partial charge in [-0.2, -0.15) is 13.2 Å². The normalized spacial score (nSPS) is 16.8. The topological polar surface area (TPSA) is 48.9 Å². The van der Waals surface area contributed by atoms with Crippen LogP contribution in [-0.4, -0.2) is 57.4 Å². The summed E-state index contributed by atoms with van der Waals surface area (Å²) >= 11 is 0. The van der Waals surface area contributed by atoms with Gasteiger partial charge in [-0.05, 0) is 32.0 Å². The lowest BCUT2D eigenvalue weighted by molar-refractivity contribution is -0.132. The van der Waals surface area contributed by atoms with Crippen molar-refractivity contribution in [2.24, 2.45) is 4.99 Å². The zero-order chi connectivity index (χ0) is 19.7. The van der Waals surface area contributed by atoms with E-state index >= 15 is 0 Å². The van der Waals surface area contributed by atoms with Crippen molar-refractivity contribution in [2.75, 3.05) is 40.3 Å². The summed E-state index contributed by atoms with van der Waals surface area (Å²) in [4.78, 5) is 6.44. The highest BCUT2D eigenvalue weighted by molar-refractivity contribution is 14.0. The van der Waals surface area contributed by atoms with E-state index in [0.29, 0.717) is 12.5 Å². The summed E-state index contributed by atoms with van der Waals surface area (Å²) in [6.07, 6.45) is -1.56. The number of halogens is 4. The summed E-state index contributed by atoms with van der Waals surface area (Å²) in [6.45, 7) is 2.31. The zero-order valence-electron chi connectivity index (χ0n) is 16.4. The third kappa shape index (κ3) is 8.02. The number of benzene rings is 1. The van der Waals surface area contributed by atoms with E-state index in [-0.39, 0.29) is 36.6 Å². The molecule has 2 N–H and O–H groups in total. The van der Waals surface area contributed by atoms with Gasteiger partial charge in [0.2, 0.25) is 0 Å². The van der Waals surface area contributed by atoms with Crippen molar-refractivity contribution >= 4 is 29.9 Å². The van der Waals surface area contributed by atoms with E-state index in [9.17, 15) is 13.2 Å². The van der Waals surface area contributed by atoms with Crippen LogP contribution in [0.2, 0.25) is 0 Å². The smallest absolute Gasteiger partial charge is 0.390 e. The second-order valence-electron chi connectivity index (χ2n) is 6.60. The quantitative estimate of drug-likeness (QED) is 0.329. The van der Waals surface area contributed by atoms with Gasteiger partial charge in [0, 0.05) is 25.7 Å². The maximum atomic E-state index is 12.4. The second-order valence-corrected chi connectivity index (χ2v) is 6.60. The molecule has 1 aliphatic rings. The first-order chi connectivity index (χ1) is 12.9. The molecule has 0 radical (unpaired) electrons. The zero-order valence-corrected chi connectivity index (χ0v) is 18.7. The lowest BCUT2D eigenvalue weighted by Gasteiger charge is -2.35. The molecule has 160 valence electrons. The molecule has 28 heavy (non-hydrogen) atoms. The van der Waals surface area contributed by atoms with Crippen LogP contribution in [0.15, 0.2) is 29.3 Å². The first-order valence-corrected chi connectivity index (χ1v) is 9.33. The first kappa shape index (κ1) is 24.8. The average Bonchev–Trinajstić information content (AvgIpc) is 2.67. The van der Waals surface area contributed by atoms with Gasteiger partial charge < -0.3 is 15.4 Å². The van der Waals surface area contributed by atoms with E-state index in [2.05, 4.69) is 20.5 Å². The van der Waals surface area contributed by atoms with Gasteiger partial charge in [0.25, 0.3) is 0 Å². The highest BCUT2D eigenvalue weighted by atomic mass is 127. The number of para-hydroxylation sites is 1. The molecular weight excluding hydrogens is 484 g/mol. The monoisotopic (exact) mass is 514 g/mol. The number of nitrogens with zero attached hydrogens (tertiary/aromatic N) is 2. The Bertz CT molecular complexity index is 607. The van der Waals surface area contributed by atoms with Crippen LogP contribution < -0.4 is 15.4 Å². The number of nitrogens with one attached hydrogen (secondary N) is 2. The van der Waals surface area contributed by atoms with Gasteiger partial charge in [0.1, 0.15) is 5.75 Å². The van der Waals surface area contributed by atoms with Crippen LogP contribution in [-0.2, 0) is 0 Å². The van der Waals surface area contributed by atoms with E-state index in [0.717, 1.165) is 37.2 Å². The lowest BCUT2D eigenvalue weighted by atomic mass is 10.0. The molecule has 0 saturated carbocycles. The van der Waals surface area contributed by atoms with Crippen LogP contribution in [0.5, 0.6) is 5.75 Å². The molecule has 9 heteroatoms. The van der Waals surface area contributed by atoms with Crippen molar-refractivity contribution < 1.29 is 17.9 Å². The van der Waals surface area contributed by atoms with Crippen molar-refractivity contribution in [3.05, 3.63) is 29.8 Å². The van der Waals surface area contributed by atoms with Crippen LogP contribution in [0.1, 0.15) is 37.3 Å². The number of alkyl halides is 3. The van der Waals surface area contributed by atoms with Crippen LogP contribution in [0.4, 0.5) is 13.2 Å². The van der Waals surface area contributed by atoms with Crippen LogP contribution in [0, 0.1) is 0 Å². The molecule has 0 bridgehead atoms. The fourth-order valence-electron chi connectivity index (χ4n) is 3.34. The van der Waals surface area contributed by atoms with Crippen molar-refractivity contribution in [3.8, 4) is 5.75 Å². The maximum absolute atomic E-state index is 12.4. The summed E-state index contributed by atoms with van der Waals surface area (Å²) in [5, 5.41) is 5.91. The molecule has 1 heterocycles. The largest absolute Gasteiger partial charge is 0.496 e. The van der Waals surface area contributed by atoms with E-state index in [1.807, 2.05) is 24.3 Å². The number of piperidine rings is 1. The molecule has 0 amide bonds. The van der Waals surface area contributed by atoms with Gasteiger partial charge in [-0.25, -0.2) is 0 Å². The fraction of sp³-hybridized carbons (Fsp3) is 0.632. The fourth-order valence-corrected chi connectivity index (χ4v) is 3.34. The van der Waals surface area contributed by atoms with Gasteiger partial charge in [-0.1, -0.05) is 24.6 Å². The van der Waals surface area contributed by atoms with Crippen molar-refractivity contribution in [3.63, 3.8) is 0 Å². The maximum Gasteiger partial charge on any atom is 0.390 e. The second kappa shape index (κ2) is 12.4. The minimum Gasteiger partial charge on any atom is -0.496 e. The number of rotatable bonds is 7. The summed E-state index contributed by atoms with van der Waals surface area (Å²) in [5.41, 5.74) is 1.07. The molecule has 1 aromatic rings. The summed E-state index contributed by atoms with van der Waals surface area (Å²) < 4.78 is 42.6. The number of likely N-dealkylation sites (tertiary alicyclic amines) is 1. The molecule has 1 atom stereocenters. The van der Waals surface area contributed by atoms with Crippen LogP contribution in [0.25, 0.3) is 0 Å². The van der Waals surface area contributed by atoms with E-state index in [4.69, 9.17) is 4.74 Å². The third-order valence-corrected chi connectivity index (χ3v) is 4.72. The predicted octanol–water partition coefficient (Wildman–Crippen LogP) is 3.96. The average molecular weight is 514 g/mol. The Morgan fingerprint density at radius 3 is 2.46 bits per heavy atom. The van der Waals surface area contributed by atoms with E-state index in [1.165, 1.54) is 6.42 Å². The molecule has 1 saturated heterocycles. The number of methoxy groups -OCH3 is 1. The molecule has 0 aromatic heterocycles. The summed E-state index contributed by atoms with van der Waals surface area (Å²) in [6, 6.07) is 7.94. The molecule has 1 unspecified atom stereocenters. The Labute approximate surface area is 182 Å². The predicted molar refractivity (Wildman–Crippen MR) is 117 cm³/mol. The van der Waals surface area contributed by atoms with Gasteiger partial charge in [-0.3, -0.25) is 9.89 Å². The van der Waals surface area contributed by atoms with Crippen molar-refractivity contribution in [1.29, 1.82) is 0 Å². The molecule has 1 aromatic carbocycles. The van der Waals surface area contributed by atoms with Gasteiger partial charge in [-0.15, -0.1) is 24.0 Å². The van der Waals surface area contributed by atoms with E-state index < -0.39 is 12.6 Å². The number of aliphatic imine (C=N–C) groups is 1. The number of hydrogen-bond acceptors (Lipinski definition) is 3. The Morgan fingerprint density at radius 1 is 1.18 bits per heavy atom. The third-order valence-electron chi connectivity index (χ3n) is 4.72. The Hall–Kier alpha value is -1.23. The Kier molecular flexibility index (Phi) is 10.9. The molecule has 0 spiro atoms.